The van der Waals surface area contributed by atoms with Crippen LogP contribution in [0.5, 0.6) is 0 Å². The number of nitrogens with zero attached hydrogens (tertiary/aromatic N) is 2. The smallest absolute Gasteiger partial charge is 0.410 e. The number of para-hydroxylation sites is 1. The van der Waals surface area contributed by atoms with E-state index in [1.807, 2.05) is 45.0 Å². The fraction of sp³-hybridized carbons (Fsp3) is 0.550. The highest BCUT2D eigenvalue weighted by molar-refractivity contribution is 7.18. The summed E-state index contributed by atoms with van der Waals surface area (Å²) >= 11 is 1.55. The predicted octanol–water partition coefficient (Wildman–Crippen LogP) is 3.33. The normalized spacial score (nSPS) is 16.9. The standard InChI is InChI=1S/C20H27N3O4S/c1-20(2,3)27-19(25)23(12-14-7-6-10-26-14)13-17(24)21-11-18-22-15-8-4-5-9-16(15)28-18/h4-5,8-9,14H,6-7,10-13H2,1-3H3,(H,21,24)/t14-/m0/s1. The molecule has 1 aromatic heterocycles. The number of thiazole rings is 1. The molecular formula is C20H27N3O4S. The van der Waals surface area contributed by atoms with Crippen molar-refractivity contribution < 1.29 is 19.1 Å². The quantitative estimate of drug-likeness (QED) is 0.797. The lowest BCUT2D eigenvalue weighted by molar-refractivity contribution is -0.122. The predicted molar refractivity (Wildman–Crippen MR) is 108 cm³/mol. The van der Waals surface area contributed by atoms with Gasteiger partial charge in [-0.25, -0.2) is 9.78 Å². The maximum Gasteiger partial charge on any atom is 0.410 e. The first-order valence-electron chi connectivity index (χ1n) is 9.51. The van der Waals surface area contributed by atoms with Crippen molar-refractivity contribution in [3.63, 3.8) is 0 Å². The van der Waals surface area contributed by atoms with Crippen molar-refractivity contribution in [2.24, 2.45) is 0 Å². The van der Waals surface area contributed by atoms with Gasteiger partial charge in [0.05, 0.1) is 29.4 Å². The Hall–Kier alpha value is -2.19. The van der Waals surface area contributed by atoms with Gasteiger partial charge in [0.1, 0.15) is 17.2 Å². The van der Waals surface area contributed by atoms with Crippen molar-refractivity contribution in [1.29, 1.82) is 0 Å². The first-order valence-corrected chi connectivity index (χ1v) is 10.3. The van der Waals surface area contributed by atoms with Gasteiger partial charge >= 0.3 is 6.09 Å². The molecule has 2 amide bonds. The zero-order chi connectivity index (χ0) is 20.1. The number of aromatic nitrogens is 1. The SMILES string of the molecule is CC(C)(C)OC(=O)N(CC(=O)NCc1nc2ccccc2s1)C[C@@H]1CCCO1. The lowest BCUT2D eigenvalue weighted by Gasteiger charge is -2.28. The van der Waals surface area contributed by atoms with Gasteiger partial charge in [0.25, 0.3) is 0 Å². The molecule has 0 unspecified atom stereocenters. The topological polar surface area (TPSA) is 80.8 Å². The summed E-state index contributed by atoms with van der Waals surface area (Å²) in [5, 5.41) is 3.68. The van der Waals surface area contributed by atoms with Crippen LogP contribution in [0.2, 0.25) is 0 Å². The Balaban J connectivity index is 1.58. The van der Waals surface area contributed by atoms with Gasteiger partial charge in [-0.05, 0) is 45.7 Å². The van der Waals surface area contributed by atoms with Gasteiger partial charge < -0.3 is 14.8 Å². The van der Waals surface area contributed by atoms with Gasteiger partial charge in [-0.3, -0.25) is 9.69 Å². The molecule has 2 aromatic rings. The second-order valence-electron chi connectivity index (χ2n) is 7.85. The monoisotopic (exact) mass is 405 g/mol. The maximum absolute atomic E-state index is 12.5. The number of nitrogens with one attached hydrogen (secondary N) is 1. The Bertz CT molecular complexity index is 791. The van der Waals surface area contributed by atoms with Crippen molar-refractivity contribution in [2.75, 3.05) is 19.7 Å². The molecule has 2 heterocycles. The Morgan fingerprint density at radius 3 is 2.82 bits per heavy atom. The van der Waals surface area contributed by atoms with Gasteiger partial charge in [-0.1, -0.05) is 12.1 Å². The van der Waals surface area contributed by atoms with Crippen molar-refractivity contribution >= 4 is 33.6 Å². The van der Waals surface area contributed by atoms with Crippen LogP contribution < -0.4 is 5.32 Å². The second-order valence-corrected chi connectivity index (χ2v) is 8.96. The molecule has 28 heavy (non-hydrogen) atoms. The van der Waals surface area contributed by atoms with Crippen LogP contribution in [0.25, 0.3) is 10.2 Å². The molecule has 0 bridgehead atoms. The molecule has 0 radical (unpaired) electrons. The van der Waals surface area contributed by atoms with Gasteiger partial charge in [-0.2, -0.15) is 0 Å². The summed E-state index contributed by atoms with van der Waals surface area (Å²) in [6.45, 7) is 6.73. The van der Waals surface area contributed by atoms with Crippen LogP contribution in [0.1, 0.15) is 38.6 Å². The van der Waals surface area contributed by atoms with Crippen LogP contribution in [-0.4, -0.2) is 53.3 Å². The third-order valence-electron chi connectivity index (χ3n) is 4.21. The number of carbonyl (C=O) groups is 2. The maximum atomic E-state index is 12.5. The Morgan fingerprint density at radius 1 is 1.36 bits per heavy atom. The van der Waals surface area contributed by atoms with Crippen molar-refractivity contribution in [3.8, 4) is 0 Å². The number of rotatable bonds is 6. The number of hydrogen-bond acceptors (Lipinski definition) is 6. The molecule has 1 N–H and O–H groups in total. The minimum atomic E-state index is -0.622. The number of fused-ring (bicyclic) bond motifs is 1. The van der Waals surface area contributed by atoms with Crippen molar-refractivity contribution in [1.82, 2.24) is 15.2 Å². The van der Waals surface area contributed by atoms with E-state index in [1.54, 1.807) is 11.3 Å². The van der Waals surface area contributed by atoms with Crippen molar-refractivity contribution in [3.05, 3.63) is 29.3 Å². The van der Waals surface area contributed by atoms with Crippen LogP contribution in [-0.2, 0) is 20.8 Å². The minimum Gasteiger partial charge on any atom is -0.444 e. The van der Waals surface area contributed by atoms with E-state index in [0.29, 0.717) is 19.7 Å². The van der Waals surface area contributed by atoms with E-state index in [0.717, 1.165) is 28.1 Å². The molecule has 7 nitrogen and oxygen atoms in total. The highest BCUT2D eigenvalue weighted by atomic mass is 32.1. The molecule has 1 fully saturated rings. The second kappa shape index (κ2) is 8.87. The summed E-state index contributed by atoms with van der Waals surface area (Å²) in [6, 6.07) is 7.86. The molecule has 1 aliphatic heterocycles. The molecule has 1 saturated heterocycles. The lowest BCUT2D eigenvalue weighted by atomic mass is 10.2. The highest BCUT2D eigenvalue weighted by Gasteiger charge is 2.28. The molecule has 152 valence electrons. The van der Waals surface area contributed by atoms with E-state index in [1.165, 1.54) is 4.90 Å². The van der Waals surface area contributed by atoms with Crippen molar-refractivity contribution in [2.45, 2.75) is 51.9 Å². The summed E-state index contributed by atoms with van der Waals surface area (Å²) in [5.74, 6) is -0.247. The number of benzene rings is 1. The fourth-order valence-electron chi connectivity index (χ4n) is 2.96. The zero-order valence-electron chi connectivity index (χ0n) is 16.6. The molecular weight excluding hydrogens is 378 g/mol. The molecule has 0 aliphatic carbocycles. The van der Waals surface area contributed by atoms with E-state index in [2.05, 4.69) is 10.3 Å². The largest absolute Gasteiger partial charge is 0.444 e. The van der Waals surface area contributed by atoms with Gasteiger partial charge in [-0.15, -0.1) is 11.3 Å². The van der Waals surface area contributed by atoms with Crippen LogP contribution in [0.15, 0.2) is 24.3 Å². The zero-order valence-corrected chi connectivity index (χ0v) is 17.4. The Morgan fingerprint density at radius 2 is 2.14 bits per heavy atom. The lowest BCUT2D eigenvalue weighted by Crippen LogP contribution is -2.46. The van der Waals surface area contributed by atoms with E-state index < -0.39 is 11.7 Å². The number of carbonyl (C=O) groups excluding carboxylic acids is 2. The number of amides is 2. The summed E-state index contributed by atoms with van der Waals surface area (Å²) in [6.07, 6.45) is 1.30. The molecule has 1 aliphatic rings. The summed E-state index contributed by atoms with van der Waals surface area (Å²) in [4.78, 5) is 30.9. The fourth-order valence-corrected chi connectivity index (χ4v) is 3.87. The van der Waals surface area contributed by atoms with E-state index in [4.69, 9.17) is 9.47 Å². The van der Waals surface area contributed by atoms with Gasteiger partial charge in [0, 0.05) is 6.61 Å². The third kappa shape index (κ3) is 5.90. The first-order chi connectivity index (χ1) is 13.3. The summed E-state index contributed by atoms with van der Waals surface area (Å²) < 4.78 is 12.2. The Labute approximate surface area is 169 Å². The van der Waals surface area contributed by atoms with E-state index in [9.17, 15) is 9.59 Å². The molecule has 0 saturated carbocycles. The van der Waals surface area contributed by atoms with Crippen LogP contribution >= 0.6 is 11.3 Å². The van der Waals surface area contributed by atoms with Gasteiger partial charge in [0.15, 0.2) is 0 Å². The summed E-state index contributed by atoms with van der Waals surface area (Å²) in [5.41, 5.74) is 0.300. The molecule has 8 heteroatoms. The summed E-state index contributed by atoms with van der Waals surface area (Å²) in [7, 11) is 0. The highest BCUT2D eigenvalue weighted by Crippen LogP contribution is 2.21. The number of hydrogen-bond donors (Lipinski definition) is 1. The van der Waals surface area contributed by atoms with Crippen LogP contribution in [0, 0.1) is 0 Å². The minimum absolute atomic E-state index is 0.0513. The van der Waals surface area contributed by atoms with Crippen LogP contribution in [0.3, 0.4) is 0 Å². The molecule has 0 spiro atoms. The average Bonchev–Trinajstić information content (AvgIpc) is 3.26. The average molecular weight is 406 g/mol. The van der Waals surface area contributed by atoms with E-state index >= 15 is 0 Å². The number of ether oxygens (including phenoxy) is 2. The Kier molecular flexibility index (Phi) is 6.51. The molecule has 1 atom stereocenters. The van der Waals surface area contributed by atoms with E-state index in [-0.39, 0.29) is 18.6 Å². The first kappa shape index (κ1) is 20.5. The van der Waals surface area contributed by atoms with Crippen LogP contribution in [0.4, 0.5) is 4.79 Å². The van der Waals surface area contributed by atoms with Gasteiger partial charge in [0.2, 0.25) is 5.91 Å². The molecule has 3 rings (SSSR count). The molecule has 1 aromatic carbocycles. The third-order valence-corrected chi connectivity index (χ3v) is 5.25.